The molecule has 1 aromatic carbocycles. The molecule has 0 amide bonds. The van der Waals surface area contributed by atoms with Crippen molar-refractivity contribution >= 4 is 17.3 Å². The third-order valence-electron chi connectivity index (χ3n) is 3.33. The minimum Gasteiger partial charge on any atom is -0.478 e. The highest BCUT2D eigenvalue weighted by atomic mass is 16.6. The van der Waals surface area contributed by atoms with E-state index < -0.39 is 10.9 Å². The Kier molecular flexibility index (Phi) is 4.19. The summed E-state index contributed by atoms with van der Waals surface area (Å²) in [6.07, 6.45) is 1.93. The number of nitro benzene ring substituents is 1. The highest BCUT2D eigenvalue weighted by molar-refractivity contribution is 5.90. The van der Waals surface area contributed by atoms with E-state index in [2.05, 4.69) is 0 Å². The molecule has 2 rings (SSSR count). The molecule has 1 N–H and O–H groups in total. The molecule has 1 aliphatic rings. The molecule has 1 saturated heterocycles. The van der Waals surface area contributed by atoms with Crippen LogP contribution >= 0.6 is 0 Å². The lowest BCUT2D eigenvalue weighted by molar-refractivity contribution is -0.384. The van der Waals surface area contributed by atoms with E-state index in [0.29, 0.717) is 18.8 Å². The largest absolute Gasteiger partial charge is 0.478 e. The summed E-state index contributed by atoms with van der Waals surface area (Å²) in [6.45, 7) is 1.21. The Balaban J connectivity index is 2.28. The summed E-state index contributed by atoms with van der Waals surface area (Å²) in [6, 6.07) is 3.80. The van der Waals surface area contributed by atoms with Crippen LogP contribution in [0.3, 0.4) is 0 Å². The summed E-state index contributed by atoms with van der Waals surface area (Å²) >= 11 is 0. The monoisotopic (exact) mass is 280 g/mol. The first-order chi connectivity index (χ1) is 9.49. The molecule has 0 spiro atoms. The van der Waals surface area contributed by atoms with Crippen molar-refractivity contribution in [3.05, 3.63) is 33.9 Å². The topological polar surface area (TPSA) is 92.9 Å². The van der Waals surface area contributed by atoms with Gasteiger partial charge in [-0.25, -0.2) is 4.79 Å². The zero-order valence-corrected chi connectivity index (χ0v) is 11.1. The predicted molar refractivity (Wildman–Crippen MR) is 72.3 cm³/mol. The van der Waals surface area contributed by atoms with E-state index in [-0.39, 0.29) is 17.4 Å². The minimum atomic E-state index is -1.10. The first kappa shape index (κ1) is 14.3. The quantitative estimate of drug-likeness (QED) is 0.654. The number of hydrogen-bond donors (Lipinski definition) is 1. The van der Waals surface area contributed by atoms with E-state index >= 15 is 0 Å². The van der Waals surface area contributed by atoms with Gasteiger partial charge in [-0.2, -0.15) is 0 Å². The number of rotatable bonds is 5. The Bertz CT molecular complexity index is 525. The van der Waals surface area contributed by atoms with Gasteiger partial charge in [0.25, 0.3) is 5.69 Å². The lowest BCUT2D eigenvalue weighted by Gasteiger charge is -2.22. The van der Waals surface area contributed by atoms with Crippen LogP contribution in [-0.2, 0) is 4.74 Å². The van der Waals surface area contributed by atoms with Crippen molar-refractivity contribution < 1.29 is 19.6 Å². The van der Waals surface area contributed by atoms with Crippen molar-refractivity contribution in [2.75, 3.05) is 25.1 Å². The van der Waals surface area contributed by atoms with Crippen LogP contribution in [0.1, 0.15) is 23.2 Å². The summed E-state index contributed by atoms with van der Waals surface area (Å²) in [7, 11) is 1.70. The molecule has 0 saturated carbocycles. The first-order valence-corrected chi connectivity index (χ1v) is 6.33. The lowest BCUT2D eigenvalue weighted by atomic mass is 10.1. The van der Waals surface area contributed by atoms with Gasteiger partial charge in [0, 0.05) is 26.3 Å². The fraction of sp³-hybridized carbons (Fsp3) is 0.462. The number of benzene rings is 1. The average Bonchev–Trinajstić information content (AvgIpc) is 2.90. The Morgan fingerprint density at radius 1 is 1.60 bits per heavy atom. The van der Waals surface area contributed by atoms with E-state index in [1.54, 1.807) is 11.9 Å². The van der Waals surface area contributed by atoms with Crippen molar-refractivity contribution in [2.45, 2.75) is 18.9 Å². The number of hydrogen-bond acceptors (Lipinski definition) is 5. The SMILES string of the molecule is CN(CC1CCCO1)c1cc(C(=O)O)ccc1[N+](=O)[O-]. The first-order valence-electron chi connectivity index (χ1n) is 6.33. The second-order valence-corrected chi connectivity index (χ2v) is 4.78. The van der Waals surface area contributed by atoms with Gasteiger partial charge in [0.1, 0.15) is 5.69 Å². The van der Waals surface area contributed by atoms with Gasteiger partial charge in [-0.05, 0) is 25.0 Å². The van der Waals surface area contributed by atoms with Crippen LogP contribution < -0.4 is 4.90 Å². The van der Waals surface area contributed by atoms with Gasteiger partial charge >= 0.3 is 5.97 Å². The maximum atomic E-state index is 11.0. The summed E-state index contributed by atoms with van der Waals surface area (Å²) in [4.78, 5) is 23.2. The maximum absolute atomic E-state index is 11.0. The smallest absolute Gasteiger partial charge is 0.335 e. The third-order valence-corrected chi connectivity index (χ3v) is 3.33. The number of carbonyl (C=O) groups is 1. The zero-order chi connectivity index (χ0) is 14.7. The van der Waals surface area contributed by atoms with Gasteiger partial charge in [0.05, 0.1) is 16.6 Å². The van der Waals surface area contributed by atoms with Crippen LogP contribution in [-0.4, -0.2) is 42.3 Å². The molecule has 1 aliphatic heterocycles. The predicted octanol–water partition coefficient (Wildman–Crippen LogP) is 1.91. The number of likely N-dealkylation sites (N-methyl/N-ethyl adjacent to an activating group) is 1. The van der Waals surface area contributed by atoms with E-state index in [9.17, 15) is 14.9 Å². The van der Waals surface area contributed by atoms with E-state index in [0.717, 1.165) is 12.8 Å². The fourth-order valence-corrected chi connectivity index (χ4v) is 2.31. The highest BCUT2D eigenvalue weighted by Gasteiger charge is 2.23. The summed E-state index contributed by atoms with van der Waals surface area (Å²) < 4.78 is 5.50. The third kappa shape index (κ3) is 3.05. The molecule has 1 fully saturated rings. The van der Waals surface area contributed by atoms with Crippen LogP contribution in [0.5, 0.6) is 0 Å². The van der Waals surface area contributed by atoms with E-state index in [4.69, 9.17) is 9.84 Å². The second kappa shape index (κ2) is 5.87. The van der Waals surface area contributed by atoms with Crippen LogP contribution in [0.25, 0.3) is 0 Å². The molecular weight excluding hydrogens is 264 g/mol. The van der Waals surface area contributed by atoms with Gasteiger partial charge in [-0.1, -0.05) is 0 Å². The number of nitro groups is 1. The van der Waals surface area contributed by atoms with Gasteiger partial charge in [0.2, 0.25) is 0 Å². The Morgan fingerprint density at radius 3 is 2.90 bits per heavy atom. The average molecular weight is 280 g/mol. The molecule has 1 unspecified atom stereocenters. The van der Waals surface area contributed by atoms with Crippen LogP contribution in [0.4, 0.5) is 11.4 Å². The number of carboxylic acid groups (broad SMARTS) is 1. The number of anilines is 1. The molecule has 0 bridgehead atoms. The molecule has 0 radical (unpaired) electrons. The summed E-state index contributed by atoms with van der Waals surface area (Å²) in [5.41, 5.74) is 0.227. The molecule has 0 aliphatic carbocycles. The lowest BCUT2D eigenvalue weighted by Crippen LogP contribution is -2.29. The van der Waals surface area contributed by atoms with Crippen LogP contribution in [0.2, 0.25) is 0 Å². The van der Waals surface area contributed by atoms with Crippen molar-refractivity contribution in [1.82, 2.24) is 0 Å². The molecule has 7 nitrogen and oxygen atoms in total. The number of nitrogens with zero attached hydrogens (tertiary/aromatic N) is 2. The molecule has 1 atom stereocenters. The minimum absolute atomic E-state index is 0.0322. The molecule has 7 heteroatoms. The zero-order valence-electron chi connectivity index (χ0n) is 11.1. The Hall–Kier alpha value is -2.15. The molecule has 1 heterocycles. The summed E-state index contributed by atoms with van der Waals surface area (Å²) in [5.74, 6) is -1.10. The normalized spacial score (nSPS) is 17.9. The highest BCUT2D eigenvalue weighted by Crippen LogP contribution is 2.29. The van der Waals surface area contributed by atoms with Crippen molar-refractivity contribution in [3.8, 4) is 0 Å². The number of aromatic carboxylic acids is 1. The van der Waals surface area contributed by atoms with Crippen LogP contribution in [0, 0.1) is 10.1 Å². The van der Waals surface area contributed by atoms with Gasteiger partial charge in [-0.3, -0.25) is 10.1 Å². The van der Waals surface area contributed by atoms with Gasteiger partial charge in [-0.15, -0.1) is 0 Å². The van der Waals surface area contributed by atoms with Crippen molar-refractivity contribution in [2.24, 2.45) is 0 Å². The van der Waals surface area contributed by atoms with E-state index in [1.165, 1.54) is 18.2 Å². The molecule has 1 aromatic rings. The second-order valence-electron chi connectivity index (χ2n) is 4.78. The number of ether oxygens (including phenoxy) is 1. The molecule has 0 aromatic heterocycles. The molecular formula is C13H16N2O5. The van der Waals surface area contributed by atoms with Crippen molar-refractivity contribution in [3.63, 3.8) is 0 Å². The van der Waals surface area contributed by atoms with Crippen molar-refractivity contribution in [1.29, 1.82) is 0 Å². The Morgan fingerprint density at radius 2 is 2.35 bits per heavy atom. The Labute approximate surface area is 115 Å². The fourth-order valence-electron chi connectivity index (χ4n) is 2.31. The standard InChI is InChI=1S/C13H16N2O5/c1-14(8-10-3-2-6-20-10)12-7-9(13(16)17)4-5-11(12)15(18)19/h4-5,7,10H,2-3,6,8H2,1H3,(H,16,17). The number of carboxylic acids is 1. The van der Waals surface area contributed by atoms with Gasteiger partial charge in [0.15, 0.2) is 0 Å². The molecule has 20 heavy (non-hydrogen) atoms. The molecule has 108 valence electrons. The van der Waals surface area contributed by atoms with Crippen LogP contribution in [0.15, 0.2) is 18.2 Å². The van der Waals surface area contributed by atoms with E-state index in [1.807, 2.05) is 0 Å². The van der Waals surface area contributed by atoms with Gasteiger partial charge < -0.3 is 14.7 Å². The maximum Gasteiger partial charge on any atom is 0.335 e. The summed E-state index contributed by atoms with van der Waals surface area (Å²) in [5, 5.41) is 20.0.